The highest BCUT2D eigenvalue weighted by Gasteiger charge is 2.23. The van der Waals surface area contributed by atoms with Crippen molar-refractivity contribution < 1.29 is 4.79 Å². The van der Waals surface area contributed by atoms with Gasteiger partial charge in [0, 0.05) is 17.4 Å². The van der Waals surface area contributed by atoms with Crippen molar-refractivity contribution in [1.29, 1.82) is 0 Å². The van der Waals surface area contributed by atoms with Crippen LogP contribution in [0, 0.1) is 13.8 Å². The third-order valence-corrected chi connectivity index (χ3v) is 5.57. The molecule has 1 saturated carbocycles. The van der Waals surface area contributed by atoms with Crippen molar-refractivity contribution in [2.24, 2.45) is 0 Å². The molecule has 1 aliphatic rings. The monoisotopic (exact) mass is 352 g/mol. The normalized spacial score (nSPS) is 15.0. The lowest BCUT2D eigenvalue weighted by Crippen LogP contribution is -2.34. The first-order valence-electron chi connectivity index (χ1n) is 9.65. The highest BCUT2D eigenvalue weighted by Crippen LogP contribution is 2.28. The maximum atomic E-state index is 13.1. The summed E-state index contributed by atoms with van der Waals surface area (Å²) >= 11 is 0. The molecule has 0 spiro atoms. The molecule has 26 heavy (non-hydrogen) atoms. The molecule has 0 unspecified atom stereocenters. The number of carbonyl (C=O) groups excluding carboxylic acids is 1. The molecule has 1 heterocycles. The number of hydrogen-bond donors (Lipinski definition) is 1. The maximum Gasteiger partial charge on any atom is 0.263 e. The number of amides is 1. The van der Waals surface area contributed by atoms with Crippen molar-refractivity contribution in [2.45, 2.75) is 65.3 Å². The molecule has 0 bridgehead atoms. The Kier molecular flexibility index (Phi) is 5.60. The first kappa shape index (κ1) is 18.4. The van der Waals surface area contributed by atoms with Gasteiger partial charge in [-0.05, 0) is 56.4 Å². The number of nitrogens with zero attached hydrogens (tertiary/aromatic N) is 1. The summed E-state index contributed by atoms with van der Waals surface area (Å²) in [6.45, 7) is 6.02. The van der Waals surface area contributed by atoms with E-state index in [1.807, 2.05) is 42.7 Å². The smallest absolute Gasteiger partial charge is 0.263 e. The third-order valence-electron chi connectivity index (χ3n) is 5.57. The van der Waals surface area contributed by atoms with Gasteiger partial charge in [-0.25, -0.2) is 0 Å². The van der Waals surface area contributed by atoms with Gasteiger partial charge in [0.1, 0.15) is 5.56 Å². The number of anilines is 1. The summed E-state index contributed by atoms with van der Waals surface area (Å²) in [4.78, 5) is 26.0. The summed E-state index contributed by atoms with van der Waals surface area (Å²) in [7, 11) is 0. The van der Waals surface area contributed by atoms with E-state index in [2.05, 4.69) is 12.2 Å². The summed E-state index contributed by atoms with van der Waals surface area (Å²) in [6, 6.07) is 9.69. The van der Waals surface area contributed by atoms with Gasteiger partial charge in [0.25, 0.3) is 11.5 Å². The Morgan fingerprint density at radius 1 is 1.15 bits per heavy atom. The van der Waals surface area contributed by atoms with Crippen LogP contribution in [-0.4, -0.2) is 10.5 Å². The lowest BCUT2D eigenvalue weighted by Gasteiger charge is -2.27. The minimum absolute atomic E-state index is 0.161. The molecule has 4 nitrogen and oxygen atoms in total. The third kappa shape index (κ3) is 3.59. The Hall–Kier alpha value is -2.36. The van der Waals surface area contributed by atoms with Crippen LogP contribution in [0.4, 0.5) is 5.69 Å². The molecular weight excluding hydrogens is 324 g/mol. The molecule has 1 aliphatic carbocycles. The molecule has 138 valence electrons. The Bertz CT molecular complexity index is 861. The summed E-state index contributed by atoms with van der Waals surface area (Å²) in [5.41, 5.74) is 3.90. The number of nitrogens with one attached hydrogen (secondary N) is 1. The van der Waals surface area contributed by atoms with Crippen LogP contribution in [-0.2, 0) is 6.42 Å². The van der Waals surface area contributed by atoms with E-state index < -0.39 is 0 Å². The predicted octanol–water partition coefficient (Wildman–Crippen LogP) is 4.79. The predicted molar refractivity (Wildman–Crippen MR) is 106 cm³/mol. The molecule has 0 saturated heterocycles. The van der Waals surface area contributed by atoms with Crippen LogP contribution in [0.3, 0.4) is 0 Å². The highest BCUT2D eigenvalue weighted by atomic mass is 16.2. The fourth-order valence-electron chi connectivity index (χ4n) is 3.94. The summed E-state index contributed by atoms with van der Waals surface area (Å²) in [5, 5.41) is 2.94. The quantitative estimate of drug-likeness (QED) is 0.860. The Labute approximate surface area is 155 Å². The minimum atomic E-state index is -0.316. The second-order valence-electron chi connectivity index (χ2n) is 7.26. The molecule has 0 radical (unpaired) electrons. The van der Waals surface area contributed by atoms with Crippen LogP contribution in [0.25, 0.3) is 0 Å². The van der Waals surface area contributed by atoms with Gasteiger partial charge < -0.3 is 9.88 Å². The summed E-state index contributed by atoms with van der Waals surface area (Å²) in [5.74, 6) is -0.316. The van der Waals surface area contributed by atoms with Gasteiger partial charge in [0.15, 0.2) is 0 Å². The average Bonchev–Trinajstić information content (AvgIpc) is 2.66. The van der Waals surface area contributed by atoms with Crippen molar-refractivity contribution in [2.75, 3.05) is 5.32 Å². The van der Waals surface area contributed by atoms with Crippen LogP contribution < -0.4 is 10.9 Å². The Balaban J connectivity index is 1.98. The molecule has 3 rings (SSSR count). The van der Waals surface area contributed by atoms with Crippen molar-refractivity contribution in [3.8, 4) is 0 Å². The molecule has 1 N–H and O–H groups in total. The standard InChI is InChI=1S/C22H28N2O2/c1-4-17-10-8-9-13-20(17)23-21(25)19-14-15(2)16(3)24(22(19)26)18-11-6-5-7-12-18/h8-10,13-14,18H,4-7,11-12H2,1-3H3,(H,23,25). The van der Waals surface area contributed by atoms with Crippen molar-refractivity contribution >= 4 is 11.6 Å². The zero-order chi connectivity index (χ0) is 18.7. The lowest BCUT2D eigenvalue weighted by molar-refractivity contribution is 0.102. The number of aromatic nitrogens is 1. The van der Waals surface area contributed by atoms with E-state index in [1.165, 1.54) is 6.42 Å². The molecule has 0 atom stereocenters. The van der Waals surface area contributed by atoms with E-state index in [0.717, 1.165) is 54.6 Å². The Morgan fingerprint density at radius 3 is 2.54 bits per heavy atom. The zero-order valence-electron chi connectivity index (χ0n) is 16.0. The van der Waals surface area contributed by atoms with E-state index in [1.54, 1.807) is 6.07 Å². The average molecular weight is 352 g/mol. The van der Waals surface area contributed by atoms with Crippen LogP contribution in [0.5, 0.6) is 0 Å². The minimum Gasteiger partial charge on any atom is -0.322 e. The van der Waals surface area contributed by atoms with Crippen molar-refractivity contribution in [1.82, 2.24) is 4.57 Å². The molecule has 2 aromatic rings. The number of aryl methyl sites for hydroxylation is 2. The lowest BCUT2D eigenvalue weighted by atomic mass is 9.94. The first-order valence-corrected chi connectivity index (χ1v) is 9.65. The van der Waals surface area contributed by atoms with E-state index in [9.17, 15) is 9.59 Å². The second-order valence-corrected chi connectivity index (χ2v) is 7.26. The largest absolute Gasteiger partial charge is 0.322 e. The van der Waals surface area contributed by atoms with Gasteiger partial charge >= 0.3 is 0 Å². The molecule has 1 aromatic heterocycles. The van der Waals surface area contributed by atoms with E-state index in [4.69, 9.17) is 0 Å². The van der Waals surface area contributed by atoms with Gasteiger partial charge in [-0.1, -0.05) is 44.4 Å². The summed E-state index contributed by atoms with van der Waals surface area (Å²) < 4.78 is 1.87. The van der Waals surface area contributed by atoms with Gasteiger partial charge in [-0.2, -0.15) is 0 Å². The first-order chi connectivity index (χ1) is 12.5. The number of rotatable bonds is 4. The van der Waals surface area contributed by atoms with Crippen molar-refractivity contribution in [3.63, 3.8) is 0 Å². The van der Waals surface area contributed by atoms with Crippen LogP contribution >= 0.6 is 0 Å². The van der Waals surface area contributed by atoms with E-state index in [-0.39, 0.29) is 23.1 Å². The molecule has 0 aliphatic heterocycles. The van der Waals surface area contributed by atoms with Crippen molar-refractivity contribution in [3.05, 3.63) is 63.1 Å². The topological polar surface area (TPSA) is 51.1 Å². The molecule has 1 fully saturated rings. The number of carbonyl (C=O) groups is 1. The van der Waals surface area contributed by atoms with Crippen LogP contribution in [0.2, 0.25) is 0 Å². The zero-order valence-corrected chi connectivity index (χ0v) is 16.0. The molecule has 4 heteroatoms. The number of pyridine rings is 1. The second kappa shape index (κ2) is 7.90. The SMILES string of the molecule is CCc1ccccc1NC(=O)c1cc(C)c(C)n(C2CCCCC2)c1=O. The number of hydrogen-bond acceptors (Lipinski definition) is 2. The fraction of sp³-hybridized carbons (Fsp3) is 0.455. The van der Waals surface area contributed by atoms with Gasteiger partial charge in [-0.15, -0.1) is 0 Å². The van der Waals surface area contributed by atoms with Gasteiger partial charge in [-0.3, -0.25) is 9.59 Å². The van der Waals surface area contributed by atoms with Crippen LogP contribution in [0.15, 0.2) is 35.1 Å². The fourth-order valence-corrected chi connectivity index (χ4v) is 3.94. The van der Waals surface area contributed by atoms with Gasteiger partial charge in [0.2, 0.25) is 0 Å². The molecule has 1 aromatic carbocycles. The maximum absolute atomic E-state index is 13.1. The number of benzene rings is 1. The van der Waals surface area contributed by atoms with E-state index >= 15 is 0 Å². The van der Waals surface area contributed by atoms with Crippen LogP contribution in [0.1, 0.15) is 72.2 Å². The summed E-state index contributed by atoms with van der Waals surface area (Å²) in [6.07, 6.45) is 6.40. The Morgan fingerprint density at radius 2 is 1.85 bits per heavy atom. The molecular formula is C22H28N2O2. The van der Waals surface area contributed by atoms with E-state index in [0.29, 0.717) is 0 Å². The highest BCUT2D eigenvalue weighted by molar-refractivity contribution is 6.04. The van der Waals surface area contributed by atoms with Gasteiger partial charge in [0.05, 0.1) is 0 Å². The molecule has 1 amide bonds. The number of para-hydroxylation sites is 1.